The summed E-state index contributed by atoms with van der Waals surface area (Å²) in [5, 5.41) is 0.767. The molecule has 3 aromatic rings. The highest BCUT2D eigenvalue weighted by Gasteiger charge is 2.23. The molecule has 0 saturated heterocycles. The second-order valence-electron chi connectivity index (χ2n) is 7.38. The Labute approximate surface area is 175 Å². The topological polar surface area (TPSA) is 79.9 Å². The Balaban J connectivity index is 1.75. The lowest BCUT2D eigenvalue weighted by Crippen LogP contribution is -2.17. The third-order valence-corrected chi connectivity index (χ3v) is 5.30. The van der Waals surface area contributed by atoms with Gasteiger partial charge in [0.15, 0.2) is 6.61 Å². The number of hydrogen-bond acceptors (Lipinski definition) is 6. The number of nitrogens with zero attached hydrogens (tertiary/aromatic N) is 1. The maximum Gasteiger partial charge on any atom is 0.375 e. The van der Waals surface area contributed by atoms with Gasteiger partial charge in [-0.05, 0) is 52.0 Å². The fourth-order valence-corrected chi connectivity index (χ4v) is 3.85. The molecule has 0 spiro atoms. The average molecular weight is 413 g/mol. The minimum absolute atomic E-state index is 0.0882. The van der Waals surface area contributed by atoms with Crippen molar-refractivity contribution >= 4 is 22.7 Å². The summed E-state index contributed by atoms with van der Waals surface area (Å²) in [5.74, 6) is -0.176. The fraction of sp³-hybridized carbons (Fsp3) is 0.391. The molecule has 0 amide bonds. The summed E-state index contributed by atoms with van der Waals surface area (Å²) in [7, 11) is 3.22. The number of ketones is 1. The predicted octanol–water partition coefficient (Wildman–Crippen LogP) is 4.42. The van der Waals surface area contributed by atoms with Gasteiger partial charge in [0.1, 0.15) is 11.3 Å². The van der Waals surface area contributed by atoms with Crippen molar-refractivity contribution in [2.24, 2.45) is 0 Å². The Kier molecular flexibility index (Phi) is 6.31. The van der Waals surface area contributed by atoms with Crippen molar-refractivity contribution in [3.8, 4) is 5.75 Å². The zero-order valence-corrected chi connectivity index (χ0v) is 18.2. The van der Waals surface area contributed by atoms with E-state index in [0.29, 0.717) is 29.1 Å². The first-order valence-corrected chi connectivity index (χ1v) is 9.73. The Morgan fingerprint density at radius 3 is 2.53 bits per heavy atom. The van der Waals surface area contributed by atoms with Crippen molar-refractivity contribution in [2.75, 3.05) is 27.4 Å². The molecular formula is C23H27NO6. The molecule has 7 nitrogen and oxygen atoms in total. The van der Waals surface area contributed by atoms with Gasteiger partial charge in [-0.15, -0.1) is 0 Å². The summed E-state index contributed by atoms with van der Waals surface area (Å²) in [6, 6.07) is 7.20. The zero-order valence-electron chi connectivity index (χ0n) is 18.2. The van der Waals surface area contributed by atoms with Crippen LogP contribution in [0.2, 0.25) is 0 Å². The standard InChI is InChI=1S/C23H27NO6/c1-13-9-19(16(4)24(13)14(2)11-27-5)20(25)12-29-23(26)22-15(3)18-10-17(28-6)7-8-21(18)30-22/h7-10,14H,11-12H2,1-6H3/t14-/m1/s1. The SMILES string of the molecule is COC[C@@H](C)n1c(C)cc(C(=O)COC(=O)c2oc3ccc(OC)cc3c2C)c1C. The van der Waals surface area contributed by atoms with Crippen molar-refractivity contribution in [1.29, 1.82) is 0 Å². The Hall–Kier alpha value is -3.06. The van der Waals surface area contributed by atoms with Crippen LogP contribution in [-0.2, 0) is 9.47 Å². The van der Waals surface area contributed by atoms with E-state index < -0.39 is 5.97 Å². The monoisotopic (exact) mass is 413 g/mol. The number of aromatic nitrogens is 1. The van der Waals surface area contributed by atoms with Gasteiger partial charge >= 0.3 is 5.97 Å². The summed E-state index contributed by atoms with van der Waals surface area (Å²) >= 11 is 0. The number of methoxy groups -OCH3 is 2. The average Bonchev–Trinajstić information content (AvgIpc) is 3.21. The normalized spacial score (nSPS) is 12.2. The van der Waals surface area contributed by atoms with E-state index in [1.165, 1.54) is 0 Å². The van der Waals surface area contributed by atoms with Gasteiger partial charge in [-0.3, -0.25) is 4.79 Å². The molecule has 3 rings (SSSR count). The van der Waals surface area contributed by atoms with Gasteiger partial charge in [0.05, 0.1) is 19.8 Å². The maximum absolute atomic E-state index is 12.7. The molecule has 2 aromatic heterocycles. The van der Waals surface area contributed by atoms with Gasteiger partial charge < -0.3 is 23.2 Å². The van der Waals surface area contributed by atoms with E-state index in [1.807, 2.05) is 26.8 Å². The Morgan fingerprint density at radius 1 is 1.13 bits per heavy atom. The van der Waals surface area contributed by atoms with Gasteiger partial charge in [-0.25, -0.2) is 4.79 Å². The molecule has 160 valence electrons. The first-order chi connectivity index (χ1) is 14.3. The summed E-state index contributed by atoms with van der Waals surface area (Å²) in [4.78, 5) is 25.3. The van der Waals surface area contributed by atoms with E-state index in [4.69, 9.17) is 18.6 Å². The van der Waals surface area contributed by atoms with Gasteiger partial charge in [0.2, 0.25) is 11.5 Å². The lowest BCUT2D eigenvalue weighted by Gasteiger charge is -2.17. The van der Waals surface area contributed by atoms with Gasteiger partial charge in [-0.2, -0.15) is 0 Å². The summed E-state index contributed by atoms with van der Waals surface area (Å²) < 4.78 is 23.4. The van der Waals surface area contributed by atoms with Crippen LogP contribution in [0.1, 0.15) is 50.8 Å². The number of carbonyl (C=O) groups excluding carboxylic acids is 2. The number of carbonyl (C=O) groups is 2. The van der Waals surface area contributed by atoms with Crippen LogP contribution in [0.15, 0.2) is 28.7 Å². The molecule has 0 bridgehead atoms. The van der Waals surface area contributed by atoms with E-state index in [9.17, 15) is 9.59 Å². The number of ether oxygens (including phenoxy) is 3. The molecule has 1 atom stereocenters. The molecule has 0 saturated carbocycles. The first kappa shape index (κ1) is 21.6. The molecule has 1 aromatic carbocycles. The smallest absolute Gasteiger partial charge is 0.375 e. The molecule has 0 radical (unpaired) electrons. The number of furan rings is 1. The highest BCUT2D eigenvalue weighted by Crippen LogP contribution is 2.29. The van der Waals surface area contributed by atoms with Gasteiger partial charge in [0.25, 0.3) is 0 Å². The van der Waals surface area contributed by atoms with Crippen LogP contribution in [0, 0.1) is 20.8 Å². The number of fused-ring (bicyclic) bond motifs is 1. The third kappa shape index (κ3) is 3.98. The lowest BCUT2D eigenvalue weighted by atomic mass is 10.1. The predicted molar refractivity (Wildman–Crippen MR) is 113 cm³/mol. The second kappa shape index (κ2) is 8.75. The molecule has 0 fully saturated rings. The number of benzene rings is 1. The molecule has 7 heteroatoms. The number of Topliss-reactive ketones (excluding diaryl/α,β-unsaturated/α-hetero) is 1. The molecule has 0 aliphatic rings. The molecule has 0 aliphatic carbocycles. The molecule has 0 N–H and O–H groups in total. The van der Waals surface area contributed by atoms with Crippen LogP contribution in [0.3, 0.4) is 0 Å². The second-order valence-corrected chi connectivity index (χ2v) is 7.38. The number of esters is 1. The first-order valence-electron chi connectivity index (χ1n) is 9.73. The van der Waals surface area contributed by atoms with Crippen molar-refractivity contribution in [1.82, 2.24) is 4.57 Å². The Bertz CT molecular complexity index is 1090. The Morgan fingerprint density at radius 2 is 1.87 bits per heavy atom. The maximum atomic E-state index is 12.7. The van der Waals surface area contributed by atoms with Gasteiger partial charge in [0, 0.05) is 35.0 Å². The van der Waals surface area contributed by atoms with E-state index in [0.717, 1.165) is 16.8 Å². The zero-order chi connectivity index (χ0) is 22.0. The molecular weight excluding hydrogens is 386 g/mol. The van der Waals surface area contributed by atoms with Crippen LogP contribution in [0.5, 0.6) is 5.75 Å². The van der Waals surface area contributed by atoms with Gasteiger partial charge in [-0.1, -0.05) is 0 Å². The van der Waals surface area contributed by atoms with Crippen molar-refractivity contribution in [2.45, 2.75) is 33.7 Å². The number of aryl methyl sites for hydroxylation is 2. The summed E-state index contributed by atoms with van der Waals surface area (Å²) in [5.41, 5.74) is 3.52. The third-order valence-electron chi connectivity index (χ3n) is 5.30. The quantitative estimate of drug-likeness (QED) is 0.402. The van der Waals surface area contributed by atoms with E-state index in [-0.39, 0.29) is 24.2 Å². The summed E-state index contributed by atoms with van der Waals surface area (Å²) in [6.45, 7) is 7.79. The van der Waals surface area contributed by atoms with Crippen LogP contribution < -0.4 is 4.74 Å². The van der Waals surface area contributed by atoms with Crippen LogP contribution in [0.25, 0.3) is 11.0 Å². The van der Waals surface area contributed by atoms with Crippen LogP contribution >= 0.6 is 0 Å². The minimum atomic E-state index is -0.669. The fourth-order valence-electron chi connectivity index (χ4n) is 3.85. The highest BCUT2D eigenvalue weighted by atomic mass is 16.5. The highest BCUT2D eigenvalue weighted by molar-refractivity contribution is 6.01. The summed E-state index contributed by atoms with van der Waals surface area (Å²) in [6.07, 6.45) is 0. The molecule has 0 unspecified atom stereocenters. The largest absolute Gasteiger partial charge is 0.497 e. The molecule has 2 heterocycles. The molecule has 30 heavy (non-hydrogen) atoms. The van der Waals surface area contributed by atoms with E-state index >= 15 is 0 Å². The van der Waals surface area contributed by atoms with Crippen LogP contribution in [0.4, 0.5) is 0 Å². The van der Waals surface area contributed by atoms with Crippen molar-refractivity contribution in [3.05, 3.63) is 52.5 Å². The van der Waals surface area contributed by atoms with E-state index in [2.05, 4.69) is 4.57 Å². The minimum Gasteiger partial charge on any atom is -0.497 e. The molecule has 0 aliphatic heterocycles. The van der Waals surface area contributed by atoms with Crippen molar-refractivity contribution < 1.29 is 28.2 Å². The lowest BCUT2D eigenvalue weighted by molar-refractivity contribution is 0.0445. The van der Waals surface area contributed by atoms with E-state index in [1.54, 1.807) is 39.3 Å². The van der Waals surface area contributed by atoms with Crippen LogP contribution in [-0.4, -0.2) is 43.8 Å². The van der Waals surface area contributed by atoms with Crippen molar-refractivity contribution in [3.63, 3.8) is 0 Å². The number of hydrogen-bond donors (Lipinski definition) is 0. The number of rotatable bonds is 8.